The van der Waals surface area contributed by atoms with E-state index in [1.54, 1.807) is 36.9 Å². The Morgan fingerprint density at radius 2 is 1.92 bits per heavy atom. The van der Waals surface area contributed by atoms with Gasteiger partial charge in [-0.25, -0.2) is 9.37 Å². The van der Waals surface area contributed by atoms with Crippen LogP contribution in [-0.4, -0.2) is 59.9 Å². The van der Waals surface area contributed by atoms with Gasteiger partial charge in [0.15, 0.2) is 17.4 Å². The van der Waals surface area contributed by atoms with Gasteiger partial charge in [-0.15, -0.1) is 11.3 Å². The molecule has 0 aliphatic rings. The van der Waals surface area contributed by atoms with Crippen molar-refractivity contribution in [2.45, 2.75) is 13.5 Å². The Labute approximate surface area is 214 Å². The van der Waals surface area contributed by atoms with Gasteiger partial charge in [0, 0.05) is 30.7 Å². The van der Waals surface area contributed by atoms with Crippen LogP contribution in [0, 0.1) is 5.82 Å². The molecule has 0 atom stereocenters. The van der Waals surface area contributed by atoms with Crippen LogP contribution in [0.5, 0.6) is 0 Å². The number of nitrogens with zero attached hydrogens (tertiary/aromatic N) is 6. The lowest BCUT2D eigenvalue weighted by molar-refractivity contribution is 0.102. The lowest BCUT2D eigenvalue weighted by Gasteiger charge is -2.10. The number of pyridine rings is 3. The number of aromatic nitrogens is 7. The Kier molecular flexibility index (Phi) is 5.58. The van der Waals surface area contributed by atoms with Crippen molar-refractivity contribution in [3.05, 3.63) is 65.3 Å². The standard InChI is InChI=1S/C26H21FN8OS/c1-13(36)18-4-5-19(37-18)24-23-16(6-7-29-24)31-26(32-23)25-20-17(33-34-25)11-30-22(21(20)27)15-8-14(9-28-10-15)12-35(2)3/h4-11H,12H2,1-3H3,(H,31,32)(H,33,34). The average Bonchev–Trinajstić information content (AvgIpc) is 3.61. The molecule has 0 radical (unpaired) electrons. The molecule has 0 spiro atoms. The van der Waals surface area contributed by atoms with Gasteiger partial charge < -0.3 is 9.88 Å². The van der Waals surface area contributed by atoms with Crippen LogP contribution in [0.1, 0.15) is 22.2 Å². The average molecular weight is 513 g/mol. The van der Waals surface area contributed by atoms with Crippen molar-refractivity contribution in [3.8, 4) is 33.3 Å². The van der Waals surface area contributed by atoms with Crippen LogP contribution in [-0.2, 0) is 6.54 Å². The normalized spacial score (nSPS) is 11.7. The predicted molar refractivity (Wildman–Crippen MR) is 141 cm³/mol. The largest absolute Gasteiger partial charge is 0.336 e. The molecule has 0 fully saturated rings. The van der Waals surface area contributed by atoms with Crippen LogP contribution in [0.2, 0.25) is 0 Å². The second-order valence-corrected chi connectivity index (χ2v) is 10.0. The first kappa shape index (κ1) is 23.1. The lowest BCUT2D eigenvalue weighted by atomic mass is 10.1. The van der Waals surface area contributed by atoms with Crippen LogP contribution in [0.25, 0.3) is 55.3 Å². The quantitative estimate of drug-likeness (QED) is 0.299. The zero-order valence-electron chi connectivity index (χ0n) is 20.2. The predicted octanol–water partition coefficient (Wildman–Crippen LogP) is 5.09. The molecule has 6 aromatic rings. The van der Waals surface area contributed by atoms with Crippen molar-refractivity contribution in [3.63, 3.8) is 0 Å². The number of carbonyl (C=O) groups excluding carboxylic acids is 1. The number of imidazole rings is 1. The molecule has 2 N–H and O–H groups in total. The molecular weight excluding hydrogens is 491 g/mol. The van der Waals surface area contributed by atoms with Crippen LogP contribution < -0.4 is 0 Å². The Bertz CT molecular complexity index is 1800. The summed E-state index contributed by atoms with van der Waals surface area (Å²) in [6, 6.07) is 7.33. The number of thiophene rings is 1. The molecule has 0 aliphatic carbocycles. The van der Waals surface area contributed by atoms with E-state index in [0.717, 1.165) is 16.0 Å². The third-order valence-electron chi connectivity index (χ3n) is 5.92. The van der Waals surface area contributed by atoms with Gasteiger partial charge in [-0.05, 0) is 50.8 Å². The Morgan fingerprint density at radius 3 is 2.70 bits per heavy atom. The number of halogens is 1. The second kappa shape index (κ2) is 8.95. The third-order valence-corrected chi connectivity index (χ3v) is 7.12. The highest BCUT2D eigenvalue weighted by Crippen LogP contribution is 2.35. The highest BCUT2D eigenvalue weighted by molar-refractivity contribution is 7.17. The summed E-state index contributed by atoms with van der Waals surface area (Å²) in [5, 5.41) is 7.51. The molecule has 0 unspecified atom stereocenters. The van der Waals surface area contributed by atoms with E-state index in [4.69, 9.17) is 4.98 Å². The number of nitrogens with one attached hydrogen (secondary N) is 2. The van der Waals surface area contributed by atoms with Crippen molar-refractivity contribution in [1.82, 2.24) is 40.0 Å². The van der Waals surface area contributed by atoms with Crippen molar-refractivity contribution in [1.29, 1.82) is 0 Å². The Hall–Kier alpha value is -4.35. The fourth-order valence-electron chi connectivity index (χ4n) is 4.30. The maximum atomic E-state index is 16.0. The van der Waals surface area contributed by atoms with Gasteiger partial charge in [0.05, 0.1) is 32.4 Å². The molecule has 0 aliphatic heterocycles. The number of ketones is 1. The van der Waals surface area contributed by atoms with Crippen molar-refractivity contribution < 1.29 is 9.18 Å². The summed E-state index contributed by atoms with van der Waals surface area (Å²) in [7, 11) is 3.93. The van der Waals surface area contributed by atoms with E-state index in [0.29, 0.717) is 45.2 Å². The van der Waals surface area contributed by atoms with E-state index in [1.165, 1.54) is 18.3 Å². The van der Waals surface area contributed by atoms with Gasteiger partial charge in [0.2, 0.25) is 0 Å². The molecule has 0 saturated heterocycles. The van der Waals surface area contributed by atoms with Crippen LogP contribution in [0.4, 0.5) is 4.39 Å². The Morgan fingerprint density at radius 1 is 1.05 bits per heavy atom. The number of H-pyrrole nitrogens is 2. The van der Waals surface area contributed by atoms with Crippen LogP contribution >= 0.6 is 11.3 Å². The summed E-state index contributed by atoms with van der Waals surface area (Å²) in [5.74, 6) is -0.112. The smallest absolute Gasteiger partial charge is 0.169 e. The molecular formula is C26H21FN8OS. The molecule has 6 heterocycles. The monoisotopic (exact) mass is 512 g/mol. The molecule has 37 heavy (non-hydrogen) atoms. The minimum absolute atomic E-state index is 0.00326. The summed E-state index contributed by atoms with van der Waals surface area (Å²) < 4.78 is 16.0. The molecule has 6 aromatic heterocycles. The molecule has 9 nitrogen and oxygen atoms in total. The molecule has 0 amide bonds. The zero-order valence-corrected chi connectivity index (χ0v) is 21.0. The molecule has 6 rings (SSSR count). The topological polar surface area (TPSA) is 116 Å². The third kappa shape index (κ3) is 4.07. The summed E-state index contributed by atoms with van der Waals surface area (Å²) in [6.07, 6.45) is 6.60. The fraction of sp³-hybridized carbons (Fsp3) is 0.154. The lowest BCUT2D eigenvalue weighted by Crippen LogP contribution is -2.10. The Balaban J connectivity index is 1.47. The highest BCUT2D eigenvalue weighted by Gasteiger charge is 2.22. The van der Waals surface area contributed by atoms with Gasteiger partial charge in [-0.2, -0.15) is 5.10 Å². The second-order valence-electron chi connectivity index (χ2n) is 8.96. The molecule has 11 heteroatoms. The van der Waals surface area contributed by atoms with Gasteiger partial charge in [0.1, 0.15) is 22.6 Å². The highest BCUT2D eigenvalue weighted by atomic mass is 32.1. The van der Waals surface area contributed by atoms with Crippen LogP contribution in [0.15, 0.2) is 49.1 Å². The van der Waals surface area contributed by atoms with E-state index < -0.39 is 5.82 Å². The summed E-state index contributed by atoms with van der Waals surface area (Å²) in [5.41, 5.74) is 4.50. The maximum absolute atomic E-state index is 16.0. The number of aromatic amines is 2. The van der Waals surface area contributed by atoms with E-state index in [2.05, 4.69) is 30.1 Å². The SMILES string of the molecule is CC(=O)c1ccc(-c2nccc3[nH]c(-c4n[nH]c5cnc(-c6cncc(CN(C)C)c6)c(F)c45)nc23)s1. The van der Waals surface area contributed by atoms with Gasteiger partial charge in [0.25, 0.3) is 0 Å². The molecule has 0 bridgehead atoms. The fourth-order valence-corrected chi connectivity index (χ4v) is 5.20. The van der Waals surface area contributed by atoms with Gasteiger partial charge in [-0.3, -0.25) is 24.8 Å². The number of hydrogen-bond donors (Lipinski definition) is 2. The first-order valence-electron chi connectivity index (χ1n) is 11.5. The number of Topliss-reactive ketones (excluding diaryl/α,β-unsaturated/α-hetero) is 1. The van der Waals surface area contributed by atoms with Crippen LogP contribution in [0.3, 0.4) is 0 Å². The molecule has 184 valence electrons. The zero-order chi connectivity index (χ0) is 25.7. The number of fused-ring (bicyclic) bond motifs is 2. The van der Waals surface area contributed by atoms with E-state index in [-0.39, 0.29) is 16.9 Å². The van der Waals surface area contributed by atoms with Gasteiger partial charge in [-0.1, -0.05) is 0 Å². The summed E-state index contributed by atoms with van der Waals surface area (Å²) in [6.45, 7) is 2.21. The van der Waals surface area contributed by atoms with Gasteiger partial charge >= 0.3 is 0 Å². The number of carbonyl (C=O) groups is 1. The molecule has 0 saturated carbocycles. The van der Waals surface area contributed by atoms with Crippen molar-refractivity contribution >= 4 is 39.1 Å². The summed E-state index contributed by atoms with van der Waals surface area (Å²) in [4.78, 5) is 36.4. The minimum Gasteiger partial charge on any atom is -0.336 e. The van der Waals surface area contributed by atoms with E-state index in [1.807, 2.05) is 31.1 Å². The number of hydrogen-bond acceptors (Lipinski definition) is 8. The summed E-state index contributed by atoms with van der Waals surface area (Å²) >= 11 is 1.36. The minimum atomic E-state index is -0.506. The molecule has 0 aromatic carbocycles. The number of rotatable bonds is 6. The van der Waals surface area contributed by atoms with Crippen molar-refractivity contribution in [2.24, 2.45) is 0 Å². The maximum Gasteiger partial charge on any atom is 0.169 e. The van der Waals surface area contributed by atoms with Crippen molar-refractivity contribution in [2.75, 3.05) is 14.1 Å². The van der Waals surface area contributed by atoms with E-state index in [9.17, 15) is 4.79 Å². The first-order chi connectivity index (χ1) is 17.9. The van der Waals surface area contributed by atoms with E-state index >= 15 is 4.39 Å². The first-order valence-corrected chi connectivity index (χ1v) is 12.3.